The van der Waals surface area contributed by atoms with Crippen LogP contribution in [-0.2, 0) is 32.6 Å². The molecule has 1 aliphatic carbocycles. The largest absolute Gasteiger partial charge is 0.444 e. The molecule has 1 N–H and O–H groups in total. The molecule has 0 bridgehead atoms. The zero-order valence-corrected chi connectivity index (χ0v) is 26.4. The number of nitrogens with zero attached hydrogens (tertiary/aromatic N) is 5. The van der Waals surface area contributed by atoms with Crippen LogP contribution in [0.25, 0.3) is 33.6 Å². The van der Waals surface area contributed by atoms with E-state index in [0.717, 1.165) is 40.9 Å². The minimum Gasteiger partial charge on any atom is -0.444 e. The van der Waals surface area contributed by atoms with E-state index < -0.39 is 34.0 Å². The molecule has 2 fully saturated rings. The summed E-state index contributed by atoms with van der Waals surface area (Å²) in [7, 11) is -1.82. The van der Waals surface area contributed by atoms with Crippen molar-refractivity contribution in [3.05, 3.63) is 48.2 Å². The quantitative estimate of drug-likeness (QED) is 0.305. The minimum absolute atomic E-state index is 0.0536. The van der Waals surface area contributed by atoms with E-state index in [1.807, 2.05) is 29.9 Å². The van der Waals surface area contributed by atoms with Gasteiger partial charge in [0.25, 0.3) is 16.0 Å². The van der Waals surface area contributed by atoms with Gasteiger partial charge in [0.2, 0.25) is 0 Å². The molecule has 0 unspecified atom stereocenters. The van der Waals surface area contributed by atoms with Gasteiger partial charge in [-0.2, -0.15) is 8.42 Å². The van der Waals surface area contributed by atoms with Crippen LogP contribution < -0.4 is 5.32 Å². The number of hydrogen-bond acceptors (Lipinski definition) is 8. The lowest BCUT2D eigenvalue weighted by atomic mass is 10.0. The van der Waals surface area contributed by atoms with Crippen LogP contribution in [-0.4, -0.2) is 81.5 Å². The number of amides is 2. The van der Waals surface area contributed by atoms with E-state index in [1.54, 1.807) is 37.8 Å². The monoisotopic (exact) mass is 622 g/mol. The smallest absolute Gasteiger partial charge is 0.408 e. The number of aryl methyl sites for hydroxylation is 1. The summed E-state index contributed by atoms with van der Waals surface area (Å²) in [5.41, 5.74) is 3.19. The molecule has 4 heterocycles. The molecule has 6 rings (SSSR count). The topological polar surface area (TPSA) is 138 Å². The molecule has 2 amide bonds. The van der Waals surface area contributed by atoms with E-state index >= 15 is 0 Å². The molecular weight excluding hydrogens is 584 g/mol. The van der Waals surface area contributed by atoms with Crippen LogP contribution in [0.5, 0.6) is 0 Å². The maximum atomic E-state index is 13.7. The van der Waals surface area contributed by atoms with Gasteiger partial charge in [0.15, 0.2) is 5.82 Å². The summed E-state index contributed by atoms with van der Waals surface area (Å²) in [6, 6.07) is 10.8. The highest BCUT2D eigenvalue weighted by Crippen LogP contribution is 2.36. The zero-order chi connectivity index (χ0) is 31.4. The van der Waals surface area contributed by atoms with E-state index in [1.165, 1.54) is 12.8 Å². The summed E-state index contributed by atoms with van der Waals surface area (Å²) < 4.78 is 38.8. The average Bonchev–Trinajstić information content (AvgIpc) is 3.61. The van der Waals surface area contributed by atoms with Gasteiger partial charge in [-0.05, 0) is 82.3 Å². The Hall–Kier alpha value is -3.97. The number of benzene rings is 1. The van der Waals surface area contributed by atoms with Crippen molar-refractivity contribution < 1.29 is 26.9 Å². The first-order valence-corrected chi connectivity index (χ1v) is 16.7. The van der Waals surface area contributed by atoms with Gasteiger partial charge in [0.1, 0.15) is 17.4 Å². The van der Waals surface area contributed by atoms with Crippen LogP contribution >= 0.6 is 0 Å². The highest BCUT2D eigenvalue weighted by atomic mass is 32.2. The summed E-state index contributed by atoms with van der Waals surface area (Å²) in [5.74, 6) is 1.19. The molecular formula is C31H38N6O6S. The van der Waals surface area contributed by atoms with E-state index in [4.69, 9.17) is 13.9 Å². The second-order valence-electron chi connectivity index (χ2n) is 12.8. The fraction of sp³-hybridized carbons (Fsp3) is 0.484. The third-order valence-electron chi connectivity index (χ3n) is 7.99. The number of ether oxygens (including phenoxy) is 1. The molecule has 1 saturated heterocycles. The third kappa shape index (κ3) is 6.43. The van der Waals surface area contributed by atoms with Gasteiger partial charge >= 0.3 is 6.09 Å². The van der Waals surface area contributed by atoms with Crippen LogP contribution in [0.15, 0.2) is 42.6 Å². The number of aromatic nitrogens is 4. The Bertz CT molecular complexity index is 1850. The lowest BCUT2D eigenvalue weighted by Crippen LogP contribution is -2.58. The van der Waals surface area contributed by atoms with Gasteiger partial charge in [-0.15, -0.1) is 0 Å². The summed E-state index contributed by atoms with van der Waals surface area (Å²) in [6.45, 7) is 6.40. The number of carbonyl (C=O) groups excluding carboxylic acids is 2. The number of nitrogens with one attached hydrogen (secondary N) is 1. The second kappa shape index (κ2) is 11.2. The van der Waals surface area contributed by atoms with Crippen molar-refractivity contribution in [1.82, 2.24) is 29.3 Å². The van der Waals surface area contributed by atoms with Crippen molar-refractivity contribution in [2.45, 2.75) is 64.3 Å². The van der Waals surface area contributed by atoms with Gasteiger partial charge in [0, 0.05) is 43.8 Å². The molecule has 12 nitrogen and oxygen atoms in total. The van der Waals surface area contributed by atoms with Crippen molar-refractivity contribution in [3.63, 3.8) is 0 Å². The van der Waals surface area contributed by atoms with Gasteiger partial charge in [-0.3, -0.25) is 8.98 Å². The van der Waals surface area contributed by atoms with Crippen molar-refractivity contribution in [3.8, 4) is 11.5 Å². The molecule has 2 atom stereocenters. The van der Waals surface area contributed by atoms with Crippen LogP contribution in [0.4, 0.5) is 4.79 Å². The van der Waals surface area contributed by atoms with Crippen LogP contribution in [0, 0.1) is 5.92 Å². The number of carbonyl (C=O) groups is 2. The molecule has 0 radical (unpaired) electrons. The number of fused-ring (bicyclic) bond motifs is 2. The lowest BCUT2D eigenvalue weighted by molar-refractivity contribution is 0.0286. The van der Waals surface area contributed by atoms with Crippen molar-refractivity contribution in [2.75, 3.05) is 19.3 Å². The molecule has 44 heavy (non-hydrogen) atoms. The van der Waals surface area contributed by atoms with Crippen LogP contribution in [0.2, 0.25) is 0 Å². The predicted octanol–water partition coefficient (Wildman–Crippen LogP) is 4.08. The first-order valence-electron chi connectivity index (χ1n) is 14.8. The second-order valence-corrected chi connectivity index (χ2v) is 14.4. The van der Waals surface area contributed by atoms with Crippen molar-refractivity contribution in [2.24, 2.45) is 13.0 Å². The van der Waals surface area contributed by atoms with E-state index in [2.05, 4.69) is 27.0 Å². The van der Waals surface area contributed by atoms with Crippen LogP contribution in [0.1, 0.15) is 50.4 Å². The number of likely N-dealkylation sites (tertiary alicyclic amines) is 1. The first kappa shape index (κ1) is 30.1. The highest BCUT2D eigenvalue weighted by Gasteiger charge is 2.37. The minimum atomic E-state index is -3.79. The Balaban J connectivity index is 1.27. The summed E-state index contributed by atoms with van der Waals surface area (Å²) in [5, 5.41) is 3.77. The van der Waals surface area contributed by atoms with E-state index in [9.17, 15) is 18.0 Å². The molecule has 13 heteroatoms. The molecule has 234 valence electrons. The number of imidazole rings is 1. The van der Waals surface area contributed by atoms with Gasteiger partial charge < -0.3 is 24.1 Å². The zero-order valence-electron chi connectivity index (χ0n) is 25.6. The fourth-order valence-electron chi connectivity index (χ4n) is 5.81. The first-order chi connectivity index (χ1) is 20.8. The molecule has 4 aromatic rings. The summed E-state index contributed by atoms with van der Waals surface area (Å²) >= 11 is 0. The number of rotatable bonds is 7. The Morgan fingerprint density at radius 1 is 1.11 bits per heavy atom. The number of pyridine rings is 1. The third-order valence-corrected chi connectivity index (χ3v) is 8.58. The SMILES string of the molecule is Cn1c(-c2cc3cccnc3n2CC2CC2)nc2cc(C(=O)N3CC[C@H](OS(C)(=O)=O)[C@@H](NC(=O)OC(C)(C)C)C3)ccc21. The Morgan fingerprint density at radius 2 is 1.89 bits per heavy atom. The summed E-state index contributed by atoms with van der Waals surface area (Å²) in [6.07, 6.45) is 3.88. The maximum Gasteiger partial charge on any atom is 0.408 e. The van der Waals surface area contributed by atoms with Gasteiger partial charge in [0.05, 0.1) is 29.0 Å². The van der Waals surface area contributed by atoms with Crippen molar-refractivity contribution in [1.29, 1.82) is 0 Å². The Labute approximate surface area is 256 Å². The number of hydrogen-bond donors (Lipinski definition) is 1. The standard InChI is InChI=1S/C31H38N6O6S/c1-31(2,3)42-30(39)34-23-18-36(14-12-26(23)43-44(5,40)41)29(38)21-10-11-24-22(15-21)33-28(35(24)4)25-16-20-7-6-13-32-27(20)37(25)17-19-8-9-19/h6-7,10-11,13,15-16,19,23,26H,8-9,12,14,17-18H2,1-5H3,(H,34,39)/t23-,26-/m0/s1. The highest BCUT2D eigenvalue weighted by molar-refractivity contribution is 7.86. The molecule has 1 aromatic carbocycles. The van der Waals surface area contributed by atoms with Gasteiger partial charge in [-0.25, -0.2) is 14.8 Å². The predicted molar refractivity (Wildman–Crippen MR) is 166 cm³/mol. The number of alkyl carbamates (subject to hydrolysis) is 1. The Morgan fingerprint density at radius 3 is 2.59 bits per heavy atom. The molecule has 2 aliphatic rings. The summed E-state index contributed by atoms with van der Waals surface area (Å²) in [4.78, 5) is 37.5. The number of piperidine rings is 1. The maximum absolute atomic E-state index is 13.7. The van der Waals surface area contributed by atoms with Crippen LogP contribution in [0.3, 0.4) is 0 Å². The fourth-order valence-corrected chi connectivity index (χ4v) is 6.49. The van der Waals surface area contributed by atoms with E-state index in [-0.39, 0.29) is 25.4 Å². The van der Waals surface area contributed by atoms with Crippen molar-refractivity contribution >= 4 is 44.2 Å². The van der Waals surface area contributed by atoms with Gasteiger partial charge in [-0.1, -0.05) is 0 Å². The molecule has 1 saturated carbocycles. The molecule has 3 aromatic heterocycles. The van der Waals surface area contributed by atoms with E-state index in [0.29, 0.717) is 17.0 Å². The molecule has 1 aliphatic heterocycles. The molecule has 0 spiro atoms. The lowest BCUT2D eigenvalue weighted by Gasteiger charge is -2.38. The Kier molecular flexibility index (Phi) is 7.65. The normalized spacial score (nSPS) is 19.4. The average molecular weight is 623 g/mol.